The Morgan fingerprint density at radius 2 is 0.838 bits per heavy atom. The van der Waals surface area contributed by atoms with E-state index >= 15 is 4.79 Å². The van der Waals surface area contributed by atoms with E-state index < -0.39 is 23.9 Å². The molecule has 1 heterocycles. The van der Waals surface area contributed by atoms with E-state index in [2.05, 4.69) is 22.3 Å². The maximum Gasteiger partial charge on any atom is 0.338 e. The average molecular weight is 1060 g/mol. The van der Waals surface area contributed by atoms with Crippen molar-refractivity contribution >= 4 is 17.7 Å². The van der Waals surface area contributed by atoms with Gasteiger partial charge >= 0.3 is 5.97 Å². The van der Waals surface area contributed by atoms with E-state index in [1.165, 1.54) is 0 Å². The summed E-state index contributed by atoms with van der Waals surface area (Å²) >= 11 is 0. The molecular formula is C69H62N2O9. The molecule has 11 nitrogen and oxygen atoms in total. The summed E-state index contributed by atoms with van der Waals surface area (Å²) in [4.78, 5) is 46.8. The Kier molecular flexibility index (Phi) is 18.4. The van der Waals surface area contributed by atoms with Gasteiger partial charge in [-0.15, -0.1) is 0 Å². The molecule has 0 aromatic heterocycles. The molecule has 0 radical (unpaired) electrons. The Bertz CT molecular complexity index is 3360. The third kappa shape index (κ3) is 15.0. The molecule has 0 aliphatic carbocycles. The van der Waals surface area contributed by atoms with E-state index in [0.717, 1.165) is 33.4 Å². The second kappa shape index (κ2) is 27.2. The van der Waals surface area contributed by atoms with E-state index in [1.807, 2.05) is 170 Å². The molecule has 0 spiro atoms. The highest BCUT2D eigenvalue weighted by molar-refractivity contribution is 6.13. The van der Waals surface area contributed by atoms with E-state index in [0.29, 0.717) is 61.9 Å². The minimum Gasteiger partial charge on any atom is -0.489 e. The first kappa shape index (κ1) is 53.9. The molecule has 1 amide bonds. The van der Waals surface area contributed by atoms with Crippen LogP contribution in [0, 0.1) is 0 Å². The van der Waals surface area contributed by atoms with Gasteiger partial charge in [-0.05, 0) is 107 Å². The molecule has 10 rings (SSSR count). The van der Waals surface area contributed by atoms with Crippen LogP contribution in [0.4, 0.5) is 0 Å². The summed E-state index contributed by atoms with van der Waals surface area (Å²) in [6, 6.07) is 73.4. The van der Waals surface area contributed by atoms with Crippen LogP contribution in [0.5, 0.6) is 28.7 Å². The first-order valence-electron chi connectivity index (χ1n) is 27.0. The minimum absolute atomic E-state index is 0.0730. The van der Waals surface area contributed by atoms with Crippen molar-refractivity contribution in [2.24, 2.45) is 0 Å². The number of likely N-dealkylation sites (tertiary alicyclic amines) is 1. The topological polar surface area (TPSA) is 122 Å². The van der Waals surface area contributed by atoms with Crippen LogP contribution < -0.4 is 29.0 Å². The van der Waals surface area contributed by atoms with Gasteiger partial charge in [-0.2, -0.15) is 0 Å². The zero-order valence-electron chi connectivity index (χ0n) is 44.4. The molecule has 2 atom stereocenters. The number of rotatable bonds is 23. The molecular weight excluding hydrogens is 1000 g/mol. The Hall–Kier alpha value is -9.45. The number of amides is 1. The lowest BCUT2D eigenvalue weighted by Crippen LogP contribution is -2.50. The van der Waals surface area contributed by atoms with E-state index in [1.54, 1.807) is 54.6 Å². The van der Waals surface area contributed by atoms with Crippen molar-refractivity contribution in [3.8, 4) is 28.7 Å². The van der Waals surface area contributed by atoms with Gasteiger partial charge in [0.1, 0.15) is 62.0 Å². The number of nitrogens with one attached hydrogen (secondary N) is 1. The third-order valence-corrected chi connectivity index (χ3v) is 13.7. The molecule has 80 heavy (non-hydrogen) atoms. The largest absolute Gasteiger partial charge is 0.489 e. The number of carbonyl (C=O) groups is 3. The molecule has 9 aromatic carbocycles. The Morgan fingerprint density at radius 3 is 1.32 bits per heavy atom. The molecule has 1 aliphatic rings. The van der Waals surface area contributed by atoms with Crippen LogP contribution >= 0.6 is 0 Å². The van der Waals surface area contributed by atoms with E-state index in [-0.39, 0.29) is 60.5 Å². The monoisotopic (exact) mass is 1060 g/mol. The van der Waals surface area contributed by atoms with Crippen molar-refractivity contribution in [3.63, 3.8) is 0 Å². The van der Waals surface area contributed by atoms with Gasteiger partial charge in [0, 0.05) is 24.2 Å². The maximum absolute atomic E-state index is 15.4. The molecule has 402 valence electrons. The number of ether oxygens (including phenoxy) is 6. The van der Waals surface area contributed by atoms with Gasteiger partial charge < -0.3 is 33.7 Å². The number of nitrogens with zero attached hydrogens (tertiary/aromatic N) is 1. The fourth-order valence-corrected chi connectivity index (χ4v) is 9.50. The summed E-state index contributed by atoms with van der Waals surface area (Å²) in [5.41, 5.74) is 6.67. The zero-order valence-corrected chi connectivity index (χ0v) is 44.4. The SMILES string of the molecule is O=C(NC1CN(Cc2ccccc2)CCCC1OC(=O)c1cc(OCc2ccccc2)c(C(=O)c2ccc(OCc3ccccc3)c(OCc3ccccc3)c2)c(OCc2ccccc2)c1)c1ccc(OCc2ccccc2)cc1. The van der Waals surface area contributed by atoms with Crippen LogP contribution in [-0.4, -0.2) is 47.8 Å². The van der Waals surface area contributed by atoms with Gasteiger partial charge in [-0.25, -0.2) is 4.79 Å². The summed E-state index contributed by atoms with van der Waals surface area (Å²) < 4.78 is 38.5. The third-order valence-electron chi connectivity index (χ3n) is 13.7. The summed E-state index contributed by atoms with van der Waals surface area (Å²) in [6.45, 7) is 2.81. The van der Waals surface area contributed by atoms with Crippen LogP contribution in [0.15, 0.2) is 237 Å². The van der Waals surface area contributed by atoms with E-state index in [4.69, 9.17) is 28.4 Å². The average Bonchev–Trinajstić information content (AvgIpc) is 3.70. The van der Waals surface area contributed by atoms with Crippen molar-refractivity contribution in [2.45, 2.75) is 64.6 Å². The Labute approximate surface area is 467 Å². The van der Waals surface area contributed by atoms with Crippen molar-refractivity contribution in [3.05, 3.63) is 292 Å². The maximum atomic E-state index is 15.4. The van der Waals surface area contributed by atoms with Crippen LogP contribution in [0.25, 0.3) is 0 Å². The van der Waals surface area contributed by atoms with Crippen molar-refractivity contribution in [1.82, 2.24) is 10.2 Å². The van der Waals surface area contributed by atoms with Crippen molar-refractivity contribution in [2.75, 3.05) is 13.1 Å². The van der Waals surface area contributed by atoms with Gasteiger partial charge in [0.15, 0.2) is 11.5 Å². The first-order valence-corrected chi connectivity index (χ1v) is 27.0. The second-order valence-electron chi connectivity index (χ2n) is 19.6. The first-order chi connectivity index (χ1) is 39.4. The van der Waals surface area contributed by atoms with Crippen LogP contribution in [0.3, 0.4) is 0 Å². The van der Waals surface area contributed by atoms with Crippen molar-refractivity contribution in [1.29, 1.82) is 0 Å². The molecule has 11 heteroatoms. The van der Waals surface area contributed by atoms with Gasteiger partial charge in [0.2, 0.25) is 5.78 Å². The molecule has 9 aromatic rings. The summed E-state index contributed by atoms with van der Waals surface area (Å²) in [7, 11) is 0. The number of benzene rings is 9. The minimum atomic E-state index is -0.735. The Balaban J connectivity index is 0.970. The molecule has 1 fully saturated rings. The highest BCUT2D eigenvalue weighted by Gasteiger charge is 2.33. The number of hydrogen-bond acceptors (Lipinski definition) is 10. The zero-order chi connectivity index (χ0) is 54.7. The molecule has 1 aliphatic heterocycles. The highest BCUT2D eigenvalue weighted by atomic mass is 16.5. The lowest BCUT2D eigenvalue weighted by atomic mass is 9.98. The predicted molar refractivity (Wildman–Crippen MR) is 308 cm³/mol. The van der Waals surface area contributed by atoms with Gasteiger partial charge in [0.25, 0.3) is 5.91 Å². The molecule has 2 unspecified atom stereocenters. The second-order valence-corrected chi connectivity index (χ2v) is 19.6. The summed E-state index contributed by atoms with van der Waals surface area (Å²) in [5.74, 6) is 0.267. The standard InChI is InChI=1S/C69H62N2O9/c72-67(57-35-38-62(76-46-52-24-11-3-12-25-52)63(40-57)77-47-53-26-13-4-14-27-53)66-64(78-48-54-28-15-5-16-29-54)41-58(42-65(66)79-49-55-30-17-6-18-31-55)69(74)80-61-32-19-39-71(43-50-20-7-1-8-21-50)44-60(61)70-68(73)56-33-36-59(37-34-56)75-45-51-22-9-2-10-23-51/h1-18,20-31,33-38,40-42,60-61H,19,32,39,43-49H2,(H,70,73). The van der Waals surface area contributed by atoms with Gasteiger partial charge in [0.05, 0.1) is 11.6 Å². The molecule has 1 N–H and O–H groups in total. The lowest BCUT2D eigenvalue weighted by Gasteiger charge is -2.29. The number of ketones is 1. The molecule has 0 saturated carbocycles. The summed E-state index contributed by atoms with van der Waals surface area (Å²) in [6.07, 6.45) is 0.433. The smallest absolute Gasteiger partial charge is 0.338 e. The number of esters is 1. The number of hydrogen-bond donors (Lipinski definition) is 1. The van der Waals surface area contributed by atoms with Gasteiger partial charge in [-0.1, -0.05) is 182 Å². The van der Waals surface area contributed by atoms with Crippen LogP contribution in [0.1, 0.15) is 82.9 Å². The normalized spacial score (nSPS) is 14.2. The van der Waals surface area contributed by atoms with Gasteiger partial charge in [-0.3, -0.25) is 14.5 Å². The fraction of sp³-hybridized carbons (Fsp3) is 0.174. The molecule has 1 saturated heterocycles. The molecule has 0 bridgehead atoms. The fourth-order valence-electron chi connectivity index (χ4n) is 9.50. The van der Waals surface area contributed by atoms with Crippen LogP contribution in [-0.2, 0) is 44.3 Å². The number of carbonyl (C=O) groups excluding carboxylic acids is 3. The summed E-state index contributed by atoms with van der Waals surface area (Å²) in [5, 5.41) is 3.25. The van der Waals surface area contributed by atoms with E-state index in [9.17, 15) is 9.59 Å². The quantitative estimate of drug-likeness (QED) is 0.0489. The predicted octanol–water partition coefficient (Wildman–Crippen LogP) is 13.4. The van der Waals surface area contributed by atoms with Crippen molar-refractivity contribution < 1.29 is 42.8 Å². The van der Waals surface area contributed by atoms with Crippen LogP contribution in [0.2, 0.25) is 0 Å². The highest BCUT2D eigenvalue weighted by Crippen LogP contribution is 2.38. The Morgan fingerprint density at radius 1 is 0.425 bits per heavy atom. The lowest BCUT2D eigenvalue weighted by molar-refractivity contribution is 0.0174.